The van der Waals surface area contributed by atoms with Crippen LogP contribution in [0.5, 0.6) is 0 Å². The van der Waals surface area contributed by atoms with Crippen molar-refractivity contribution in [3.8, 4) is 0 Å². The summed E-state index contributed by atoms with van der Waals surface area (Å²) in [6, 6.07) is 7.84. The molecule has 1 atom stereocenters. The Labute approximate surface area is 128 Å². The highest BCUT2D eigenvalue weighted by Gasteiger charge is 2.18. The minimum absolute atomic E-state index is 0.0212. The lowest BCUT2D eigenvalue weighted by Crippen LogP contribution is -2.31. The maximum atomic E-state index is 12.0. The lowest BCUT2D eigenvalue weighted by Gasteiger charge is -2.22. The van der Waals surface area contributed by atoms with Gasteiger partial charge in [-0.15, -0.1) is 0 Å². The zero-order chi connectivity index (χ0) is 16.0. The molecule has 0 saturated carbocycles. The minimum atomic E-state index is -0.0991. The summed E-state index contributed by atoms with van der Waals surface area (Å²) < 4.78 is 0. The van der Waals surface area contributed by atoms with Gasteiger partial charge in [0.15, 0.2) is 0 Å². The molecule has 0 spiro atoms. The van der Waals surface area contributed by atoms with E-state index in [-0.39, 0.29) is 17.4 Å². The Balaban J connectivity index is 2.47. The van der Waals surface area contributed by atoms with Gasteiger partial charge in [-0.1, -0.05) is 32.9 Å². The van der Waals surface area contributed by atoms with Crippen LogP contribution in [0.4, 0.5) is 5.69 Å². The van der Waals surface area contributed by atoms with Crippen molar-refractivity contribution in [1.29, 1.82) is 0 Å². The maximum absolute atomic E-state index is 12.0. The van der Waals surface area contributed by atoms with Crippen molar-refractivity contribution in [2.24, 2.45) is 11.1 Å². The fraction of sp³-hybridized carbons (Fsp3) is 0.588. The largest absolute Gasteiger partial charge is 0.327 e. The molecule has 1 aromatic rings. The number of anilines is 1. The van der Waals surface area contributed by atoms with E-state index in [1.807, 2.05) is 38.4 Å². The number of benzene rings is 1. The van der Waals surface area contributed by atoms with Gasteiger partial charge in [-0.3, -0.25) is 4.79 Å². The first-order valence-electron chi connectivity index (χ1n) is 7.45. The van der Waals surface area contributed by atoms with Gasteiger partial charge in [-0.05, 0) is 43.6 Å². The molecule has 118 valence electrons. The third-order valence-corrected chi connectivity index (χ3v) is 3.06. The molecule has 1 unspecified atom stereocenters. The summed E-state index contributed by atoms with van der Waals surface area (Å²) in [7, 11) is 4.07. The fourth-order valence-corrected chi connectivity index (χ4v) is 2.37. The van der Waals surface area contributed by atoms with Gasteiger partial charge in [0, 0.05) is 24.7 Å². The normalized spacial score (nSPS) is 13.3. The minimum Gasteiger partial charge on any atom is -0.327 e. The molecular formula is C17H29N3O. The first kappa shape index (κ1) is 17.7. The number of carbonyl (C=O) groups excluding carboxylic acids is 1. The van der Waals surface area contributed by atoms with Gasteiger partial charge in [0.1, 0.15) is 0 Å². The smallest absolute Gasteiger partial charge is 0.225 e. The molecule has 0 heterocycles. The average Bonchev–Trinajstić information content (AvgIpc) is 2.28. The highest BCUT2D eigenvalue weighted by atomic mass is 16.1. The van der Waals surface area contributed by atoms with Crippen molar-refractivity contribution in [2.45, 2.75) is 46.2 Å². The van der Waals surface area contributed by atoms with E-state index < -0.39 is 0 Å². The summed E-state index contributed by atoms with van der Waals surface area (Å²) in [5.41, 5.74) is 8.22. The standard InChI is InChI=1S/C17H29N3O/c1-17(2,3)11-14(18)10-16(21)19-15-8-6-13(7-9-15)12-20(4)5/h6-9,14H,10-12,18H2,1-5H3,(H,19,21). The molecule has 4 heteroatoms. The van der Waals surface area contributed by atoms with Crippen LogP contribution in [0, 0.1) is 5.41 Å². The van der Waals surface area contributed by atoms with E-state index in [2.05, 4.69) is 31.0 Å². The van der Waals surface area contributed by atoms with Crippen LogP contribution in [-0.2, 0) is 11.3 Å². The summed E-state index contributed by atoms with van der Waals surface area (Å²) in [6.45, 7) is 7.29. The van der Waals surface area contributed by atoms with Crippen molar-refractivity contribution in [1.82, 2.24) is 4.90 Å². The van der Waals surface area contributed by atoms with Gasteiger partial charge >= 0.3 is 0 Å². The molecule has 4 nitrogen and oxygen atoms in total. The van der Waals surface area contributed by atoms with Crippen molar-refractivity contribution < 1.29 is 4.79 Å². The highest BCUT2D eigenvalue weighted by Crippen LogP contribution is 2.21. The second-order valence-corrected chi connectivity index (χ2v) is 7.21. The van der Waals surface area contributed by atoms with Crippen LogP contribution in [0.2, 0.25) is 0 Å². The van der Waals surface area contributed by atoms with Gasteiger partial charge in [0.2, 0.25) is 5.91 Å². The van der Waals surface area contributed by atoms with Gasteiger partial charge in [0.05, 0.1) is 0 Å². The summed E-state index contributed by atoms with van der Waals surface area (Å²) in [5, 5.41) is 2.91. The Kier molecular flexibility index (Phi) is 6.37. The lowest BCUT2D eigenvalue weighted by atomic mass is 9.87. The molecule has 0 aliphatic carbocycles. The predicted molar refractivity (Wildman–Crippen MR) is 89.1 cm³/mol. The van der Waals surface area contributed by atoms with Crippen molar-refractivity contribution >= 4 is 11.6 Å². The number of hydrogen-bond acceptors (Lipinski definition) is 3. The van der Waals surface area contributed by atoms with Crippen molar-refractivity contribution in [3.05, 3.63) is 29.8 Å². The lowest BCUT2D eigenvalue weighted by molar-refractivity contribution is -0.116. The molecule has 1 aromatic carbocycles. The molecule has 0 bridgehead atoms. The molecular weight excluding hydrogens is 262 g/mol. The van der Waals surface area contributed by atoms with Gasteiger partial charge in [-0.25, -0.2) is 0 Å². The van der Waals surface area contributed by atoms with E-state index in [0.29, 0.717) is 6.42 Å². The molecule has 0 radical (unpaired) electrons. The zero-order valence-corrected chi connectivity index (χ0v) is 13.9. The number of hydrogen-bond donors (Lipinski definition) is 2. The molecule has 0 saturated heterocycles. The Bertz CT molecular complexity index is 446. The predicted octanol–water partition coefficient (Wildman–Crippen LogP) is 2.84. The second-order valence-electron chi connectivity index (χ2n) is 7.21. The van der Waals surface area contributed by atoms with Crippen LogP contribution in [-0.4, -0.2) is 30.9 Å². The van der Waals surface area contributed by atoms with E-state index in [1.54, 1.807) is 0 Å². The Morgan fingerprint density at radius 2 is 1.81 bits per heavy atom. The van der Waals surface area contributed by atoms with E-state index in [1.165, 1.54) is 5.56 Å². The summed E-state index contributed by atoms with van der Waals surface area (Å²) in [6.07, 6.45) is 1.19. The highest BCUT2D eigenvalue weighted by molar-refractivity contribution is 5.91. The topological polar surface area (TPSA) is 58.4 Å². The average molecular weight is 291 g/mol. The molecule has 0 fully saturated rings. The number of nitrogens with two attached hydrogens (primary N) is 1. The number of nitrogens with one attached hydrogen (secondary N) is 1. The van der Waals surface area contributed by atoms with Crippen LogP contribution in [0.1, 0.15) is 39.2 Å². The molecule has 0 aliphatic heterocycles. The first-order valence-corrected chi connectivity index (χ1v) is 7.45. The van der Waals surface area contributed by atoms with E-state index in [9.17, 15) is 4.79 Å². The molecule has 1 amide bonds. The number of amides is 1. The number of carbonyl (C=O) groups is 1. The van der Waals surface area contributed by atoms with Gasteiger partial charge in [0.25, 0.3) is 0 Å². The van der Waals surface area contributed by atoms with Crippen LogP contribution >= 0.6 is 0 Å². The van der Waals surface area contributed by atoms with Crippen LogP contribution < -0.4 is 11.1 Å². The zero-order valence-electron chi connectivity index (χ0n) is 13.9. The van der Waals surface area contributed by atoms with Gasteiger partial charge in [-0.2, -0.15) is 0 Å². The molecule has 3 N–H and O–H groups in total. The maximum Gasteiger partial charge on any atom is 0.225 e. The third-order valence-electron chi connectivity index (χ3n) is 3.06. The monoisotopic (exact) mass is 291 g/mol. The summed E-state index contributed by atoms with van der Waals surface area (Å²) >= 11 is 0. The Hall–Kier alpha value is -1.39. The van der Waals surface area contributed by atoms with Gasteiger partial charge < -0.3 is 16.0 Å². The summed E-state index contributed by atoms with van der Waals surface area (Å²) in [5.74, 6) is -0.0212. The van der Waals surface area contributed by atoms with E-state index in [0.717, 1.165) is 18.7 Å². The molecule has 0 aliphatic rings. The Morgan fingerprint density at radius 1 is 1.24 bits per heavy atom. The van der Waals surface area contributed by atoms with E-state index >= 15 is 0 Å². The SMILES string of the molecule is CN(C)Cc1ccc(NC(=O)CC(N)CC(C)(C)C)cc1. The number of nitrogens with zero attached hydrogens (tertiary/aromatic N) is 1. The van der Waals surface area contributed by atoms with Crippen LogP contribution in [0.15, 0.2) is 24.3 Å². The molecule has 0 aromatic heterocycles. The third kappa shape index (κ3) is 7.83. The molecule has 21 heavy (non-hydrogen) atoms. The second kappa shape index (κ2) is 7.57. The van der Waals surface area contributed by atoms with Crippen molar-refractivity contribution in [2.75, 3.05) is 19.4 Å². The van der Waals surface area contributed by atoms with E-state index in [4.69, 9.17) is 5.73 Å². The van der Waals surface area contributed by atoms with Crippen molar-refractivity contribution in [3.63, 3.8) is 0 Å². The summed E-state index contributed by atoms with van der Waals surface area (Å²) in [4.78, 5) is 14.1. The van der Waals surface area contributed by atoms with Crippen LogP contribution in [0.25, 0.3) is 0 Å². The fourth-order valence-electron chi connectivity index (χ4n) is 2.37. The first-order chi connectivity index (χ1) is 9.65. The Morgan fingerprint density at radius 3 is 2.29 bits per heavy atom. The quantitative estimate of drug-likeness (QED) is 0.847. The molecule has 1 rings (SSSR count). The number of rotatable bonds is 6. The van der Waals surface area contributed by atoms with Crippen LogP contribution in [0.3, 0.4) is 0 Å².